The number of hydrogen-bond acceptors (Lipinski definition) is 3. The van der Waals surface area contributed by atoms with Crippen LogP contribution >= 0.6 is 0 Å². The fourth-order valence-electron chi connectivity index (χ4n) is 5.89. The van der Waals surface area contributed by atoms with Gasteiger partial charge < -0.3 is 22.0 Å². The molecule has 0 spiro atoms. The summed E-state index contributed by atoms with van der Waals surface area (Å²) in [7, 11) is 0. The van der Waals surface area contributed by atoms with Gasteiger partial charge in [-0.2, -0.15) is 6.67 Å². The topological polar surface area (TPSA) is 23.6 Å². The quantitative estimate of drug-likeness (QED) is 0.206. The Labute approximate surface area is 222 Å². The first-order chi connectivity index (χ1) is 15.4. The Morgan fingerprint density at radius 1 is 0.971 bits per heavy atom. The van der Waals surface area contributed by atoms with Gasteiger partial charge in [0.15, 0.2) is 0 Å². The van der Waals surface area contributed by atoms with Gasteiger partial charge in [-0.05, 0) is 92.8 Å². The average molecular weight is 551 g/mol. The molecule has 4 heteroatoms. The standard InChI is InChI=1S/C28H39N2.CHO.CH3.Rh/c1-19(2)24-8-7-9-25(20(3)4)28(24)30-17-16-29(18-30)15-14-23-12-13-26-21(5)10-11-22(6)27(23)26;1-2;;/h7-11,16-20,23,26-27H,12-15H2,1-6H3;1H;1H3;/q3*-1;+3. The summed E-state index contributed by atoms with van der Waals surface area (Å²) in [5.41, 5.74) is 7.45. The summed E-state index contributed by atoms with van der Waals surface area (Å²) in [6, 6.07) is 6.81. The second kappa shape index (κ2) is 13.4. The van der Waals surface area contributed by atoms with Gasteiger partial charge >= 0.3 is 19.5 Å². The van der Waals surface area contributed by atoms with Crippen LogP contribution in [0.1, 0.15) is 83.8 Å². The molecular formula is C30H43N2ORh. The summed E-state index contributed by atoms with van der Waals surface area (Å²) in [6.45, 7) is 20.5. The summed E-state index contributed by atoms with van der Waals surface area (Å²) < 4.78 is 0. The maximum absolute atomic E-state index is 7.75. The van der Waals surface area contributed by atoms with Crippen molar-refractivity contribution in [3.63, 3.8) is 0 Å². The molecule has 1 aromatic carbocycles. The van der Waals surface area contributed by atoms with Gasteiger partial charge in [-0.3, -0.25) is 6.79 Å². The van der Waals surface area contributed by atoms with Crippen LogP contribution in [0.3, 0.4) is 0 Å². The van der Waals surface area contributed by atoms with E-state index in [2.05, 4.69) is 108 Å². The van der Waals surface area contributed by atoms with Gasteiger partial charge in [-0.25, -0.2) is 0 Å². The molecule has 3 nitrogen and oxygen atoms in total. The average Bonchev–Trinajstić information content (AvgIpc) is 3.43. The van der Waals surface area contributed by atoms with Crippen molar-refractivity contribution in [1.82, 2.24) is 4.90 Å². The van der Waals surface area contributed by atoms with E-state index in [9.17, 15) is 0 Å². The van der Waals surface area contributed by atoms with Crippen LogP contribution < -0.4 is 4.90 Å². The molecule has 3 atom stereocenters. The zero-order chi connectivity index (χ0) is 23.4. The molecule has 1 saturated carbocycles. The van der Waals surface area contributed by atoms with Gasteiger partial charge in [0.05, 0.1) is 0 Å². The molecule has 0 saturated heterocycles. The molecule has 1 aromatic rings. The molecule has 0 radical (unpaired) electrons. The molecule has 188 valence electrons. The van der Waals surface area contributed by atoms with Gasteiger partial charge in [-0.1, -0.05) is 69.2 Å². The molecule has 3 unspecified atom stereocenters. The van der Waals surface area contributed by atoms with E-state index >= 15 is 0 Å². The van der Waals surface area contributed by atoms with Crippen molar-refractivity contribution >= 4 is 12.5 Å². The fraction of sp³-hybridized carbons (Fsp3) is 0.500. The first kappa shape index (κ1) is 30.4. The summed E-state index contributed by atoms with van der Waals surface area (Å²) in [6.07, 6.45) is 13.3. The summed E-state index contributed by atoms with van der Waals surface area (Å²) >= 11 is 0. The third kappa shape index (κ3) is 6.31. The minimum Gasteiger partial charge on any atom is -0.545 e. The summed E-state index contributed by atoms with van der Waals surface area (Å²) in [5.74, 6) is 3.41. The van der Waals surface area contributed by atoms with Gasteiger partial charge in [0.1, 0.15) is 0 Å². The maximum atomic E-state index is 7.75. The zero-order valence-electron chi connectivity index (χ0n) is 22.0. The van der Waals surface area contributed by atoms with E-state index in [0.717, 1.165) is 24.3 Å². The number of fused-ring (bicyclic) bond motifs is 1. The number of hydrogen-bond donors (Lipinski definition) is 0. The van der Waals surface area contributed by atoms with Crippen molar-refractivity contribution in [2.75, 3.05) is 11.4 Å². The van der Waals surface area contributed by atoms with Crippen molar-refractivity contribution < 1.29 is 24.3 Å². The number of benzene rings is 1. The van der Waals surface area contributed by atoms with Gasteiger partial charge in [-0.15, -0.1) is 0 Å². The van der Waals surface area contributed by atoms with E-state index in [1.54, 1.807) is 11.1 Å². The molecule has 4 rings (SSSR count). The molecule has 0 amide bonds. The fourth-order valence-corrected chi connectivity index (χ4v) is 5.89. The third-order valence-electron chi connectivity index (χ3n) is 7.56. The Balaban J connectivity index is 0.00000141. The molecule has 0 N–H and O–H groups in total. The van der Waals surface area contributed by atoms with Crippen molar-refractivity contribution in [2.45, 2.75) is 72.6 Å². The van der Waals surface area contributed by atoms with Crippen molar-refractivity contribution in [2.24, 2.45) is 17.8 Å². The SMILES string of the molecule is CC1=CC=C(C)C2C(CCN3C=CN(c4c(C(C)C)cccc4C(C)C)[CH-]3)CCC12.[CH-]=O.[CH3-].[Rh+3]. The predicted octanol–water partition coefficient (Wildman–Crippen LogP) is 7.76. The Bertz CT molecular complexity index is 860. The van der Waals surface area contributed by atoms with Crippen molar-refractivity contribution in [3.05, 3.63) is 79.1 Å². The largest absolute Gasteiger partial charge is 3.00 e. The first-order valence-corrected chi connectivity index (χ1v) is 12.2. The zero-order valence-corrected chi connectivity index (χ0v) is 23.7. The normalized spacial score (nSPS) is 23.0. The van der Waals surface area contributed by atoms with Crippen LogP contribution in [0, 0.1) is 31.8 Å². The number of carbonyl (C=O) groups excluding carboxylic acids is 1. The smallest absolute Gasteiger partial charge is 0.545 e. The number of rotatable bonds is 6. The Morgan fingerprint density at radius 2 is 1.56 bits per heavy atom. The Morgan fingerprint density at radius 3 is 2.15 bits per heavy atom. The first-order valence-electron chi connectivity index (χ1n) is 12.2. The summed E-state index contributed by atoms with van der Waals surface area (Å²) in [4.78, 5) is 12.5. The number of para-hydroxylation sites is 1. The molecule has 34 heavy (non-hydrogen) atoms. The number of nitrogens with zero attached hydrogens (tertiary/aromatic N) is 2. The molecule has 2 aliphatic carbocycles. The van der Waals surface area contributed by atoms with Crippen LogP contribution in [0.15, 0.2) is 53.9 Å². The minimum absolute atomic E-state index is 0. The number of allylic oxidation sites excluding steroid dienone is 4. The van der Waals surface area contributed by atoms with Crippen molar-refractivity contribution in [3.8, 4) is 0 Å². The predicted molar refractivity (Wildman–Crippen MR) is 142 cm³/mol. The van der Waals surface area contributed by atoms with Gasteiger partial charge in [0.25, 0.3) is 0 Å². The van der Waals surface area contributed by atoms with E-state index in [-0.39, 0.29) is 26.9 Å². The molecule has 3 aliphatic rings. The van der Waals surface area contributed by atoms with Crippen LogP contribution in [0.5, 0.6) is 0 Å². The van der Waals surface area contributed by atoms with E-state index in [4.69, 9.17) is 4.79 Å². The second-order valence-electron chi connectivity index (χ2n) is 10.2. The third-order valence-corrected chi connectivity index (χ3v) is 7.56. The van der Waals surface area contributed by atoms with Crippen LogP contribution in [-0.2, 0) is 24.3 Å². The van der Waals surface area contributed by atoms with E-state index in [1.165, 1.54) is 36.1 Å². The summed E-state index contributed by atoms with van der Waals surface area (Å²) in [5, 5.41) is 0. The van der Waals surface area contributed by atoms with Crippen LogP contribution in [0.2, 0.25) is 0 Å². The van der Waals surface area contributed by atoms with Gasteiger partial charge in [0.2, 0.25) is 0 Å². The molecule has 0 bridgehead atoms. The van der Waals surface area contributed by atoms with E-state index < -0.39 is 0 Å². The second-order valence-corrected chi connectivity index (χ2v) is 10.2. The maximum Gasteiger partial charge on any atom is 3.00 e. The van der Waals surface area contributed by atoms with Crippen LogP contribution in [-0.4, -0.2) is 18.2 Å². The molecule has 1 aliphatic heterocycles. The minimum atomic E-state index is 0. The Kier molecular flexibility index (Phi) is 12.0. The van der Waals surface area contributed by atoms with E-state index in [0.29, 0.717) is 11.8 Å². The molecule has 0 aromatic heterocycles. The monoisotopic (exact) mass is 550 g/mol. The van der Waals surface area contributed by atoms with Gasteiger partial charge in [0, 0.05) is 5.69 Å². The molecular weight excluding hydrogens is 507 g/mol. The van der Waals surface area contributed by atoms with E-state index in [1.807, 2.05) is 0 Å². The van der Waals surface area contributed by atoms with Crippen LogP contribution in [0.4, 0.5) is 5.69 Å². The van der Waals surface area contributed by atoms with Crippen molar-refractivity contribution in [1.29, 1.82) is 0 Å². The molecule has 1 heterocycles. The van der Waals surface area contributed by atoms with Crippen LogP contribution in [0.25, 0.3) is 0 Å². The Hall–Kier alpha value is -1.67. The molecule has 1 fully saturated rings. The number of anilines is 1.